The van der Waals surface area contributed by atoms with Crippen LogP contribution < -0.4 is 5.73 Å². The van der Waals surface area contributed by atoms with E-state index in [1.54, 1.807) is 0 Å². The lowest BCUT2D eigenvalue weighted by molar-refractivity contribution is 0.601. The smallest absolute Gasteiger partial charge is 0.209 e. The minimum absolute atomic E-state index is 0.169. The molecule has 0 radical (unpaired) electrons. The SMILES string of the molecule is Cc1nc(S(C)(=O)=O)sc1C(C)CN. The van der Waals surface area contributed by atoms with Gasteiger partial charge >= 0.3 is 0 Å². The lowest BCUT2D eigenvalue weighted by Gasteiger charge is -2.04. The van der Waals surface area contributed by atoms with Crippen LogP contribution in [0.15, 0.2) is 4.34 Å². The van der Waals surface area contributed by atoms with Crippen molar-refractivity contribution >= 4 is 21.2 Å². The molecule has 6 heteroatoms. The molecule has 0 aliphatic heterocycles. The minimum Gasteiger partial charge on any atom is -0.330 e. The van der Waals surface area contributed by atoms with Crippen LogP contribution in [-0.2, 0) is 9.84 Å². The first-order valence-electron chi connectivity index (χ1n) is 4.23. The quantitative estimate of drug-likeness (QED) is 0.844. The average molecular weight is 234 g/mol. The zero-order valence-corrected chi connectivity index (χ0v) is 10.1. The van der Waals surface area contributed by atoms with E-state index in [1.165, 1.54) is 17.6 Å². The molecule has 0 saturated heterocycles. The number of nitrogens with zero attached hydrogens (tertiary/aromatic N) is 1. The van der Waals surface area contributed by atoms with Gasteiger partial charge in [-0.1, -0.05) is 6.92 Å². The number of hydrogen-bond acceptors (Lipinski definition) is 5. The van der Waals surface area contributed by atoms with Gasteiger partial charge in [0.2, 0.25) is 14.2 Å². The van der Waals surface area contributed by atoms with E-state index in [9.17, 15) is 8.42 Å². The van der Waals surface area contributed by atoms with Crippen LogP contribution >= 0.6 is 11.3 Å². The van der Waals surface area contributed by atoms with Crippen molar-refractivity contribution in [3.8, 4) is 0 Å². The molecule has 0 fully saturated rings. The molecule has 1 unspecified atom stereocenters. The molecule has 1 aromatic rings. The highest BCUT2D eigenvalue weighted by Gasteiger charge is 2.18. The Bertz CT molecular complexity index is 423. The Morgan fingerprint density at radius 3 is 2.50 bits per heavy atom. The highest BCUT2D eigenvalue weighted by atomic mass is 32.2. The largest absolute Gasteiger partial charge is 0.330 e. The molecule has 14 heavy (non-hydrogen) atoms. The van der Waals surface area contributed by atoms with E-state index in [0.717, 1.165) is 10.6 Å². The van der Waals surface area contributed by atoms with Crippen LogP contribution in [0.1, 0.15) is 23.4 Å². The molecule has 1 atom stereocenters. The Balaban J connectivity index is 3.18. The predicted molar refractivity (Wildman–Crippen MR) is 57.4 cm³/mol. The van der Waals surface area contributed by atoms with Gasteiger partial charge in [0.25, 0.3) is 0 Å². The Hall–Kier alpha value is -0.460. The standard InChI is InChI=1S/C8H14N2O2S2/c1-5(4-9)7-6(2)10-8(13-7)14(3,11)12/h5H,4,9H2,1-3H3. The van der Waals surface area contributed by atoms with Crippen molar-refractivity contribution in [3.05, 3.63) is 10.6 Å². The molecule has 0 aliphatic rings. The summed E-state index contributed by atoms with van der Waals surface area (Å²) in [6, 6.07) is 0. The minimum atomic E-state index is -3.18. The molecule has 0 saturated carbocycles. The summed E-state index contributed by atoms with van der Waals surface area (Å²) in [7, 11) is -3.18. The summed E-state index contributed by atoms with van der Waals surface area (Å²) in [6.07, 6.45) is 1.17. The Labute approximate surface area is 88.1 Å². The van der Waals surface area contributed by atoms with Crippen LogP contribution in [0.2, 0.25) is 0 Å². The summed E-state index contributed by atoms with van der Waals surface area (Å²) in [6.45, 7) is 4.28. The van der Waals surface area contributed by atoms with E-state index < -0.39 is 9.84 Å². The summed E-state index contributed by atoms with van der Waals surface area (Å²) in [5, 5.41) is 0. The number of nitrogens with two attached hydrogens (primary N) is 1. The second kappa shape index (κ2) is 3.96. The number of aromatic nitrogens is 1. The van der Waals surface area contributed by atoms with Crippen LogP contribution in [0.5, 0.6) is 0 Å². The third kappa shape index (κ3) is 2.31. The lowest BCUT2D eigenvalue weighted by Crippen LogP contribution is -2.08. The molecular formula is C8H14N2O2S2. The summed E-state index contributed by atoms with van der Waals surface area (Å²) < 4.78 is 22.6. The predicted octanol–water partition coefficient (Wildman–Crippen LogP) is 0.917. The van der Waals surface area contributed by atoms with Gasteiger partial charge in [0, 0.05) is 17.1 Å². The Morgan fingerprint density at radius 1 is 1.57 bits per heavy atom. The maximum Gasteiger partial charge on any atom is 0.209 e. The third-order valence-electron chi connectivity index (χ3n) is 1.93. The summed E-state index contributed by atoms with van der Waals surface area (Å²) in [5.41, 5.74) is 6.29. The molecule has 1 heterocycles. The molecule has 0 aromatic carbocycles. The number of sulfone groups is 1. The molecule has 0 aliphatic carbocycles. The van der Waals surface area contributed by atoms with Crippen LogP contribution in [0.4, 0.5) is 0 Å². The first-order chi connectivity index (χ1) is 6.36. The molecule has 1 rings (SSSR count). The molecule has 1 aromatic heterocycles. The maximum absolute atomic E-state index is 11.2. The monoisotopic (exact) mass is 234 g/mol. The molecule has 4 nitrogen and oxygen atoms in total. The van der Waals surface area contributed by atoms with Crippen molar-refractivity contribution < 1.29 is 8.42 Å². The zero-order chi connectivity index (χ0) is 10.9. The fourth-order valence-corrected chi connectivity index (χ4v) is 3.14. The van der Waals surface area contributed by atoms with Gasteiger partial charge in [-0.2, -0.15) is 0 Å². The van der Waals surface area contributed by atoms with Crippen LogP contribution in [0.25, 0.3) is 0 Å². The lowest BCUT2D eigenvalue weighted by atomic mass is 10.1. The number of hydrogen-bond donors (Lipinski definition) is 1. The molecular weight excluding hydrogens is 220 g/mol. The van der Waals surface area contributed by atoms with Crippen LogP contribution in [0.3, 0.4) is 0 Å². The van der Waals surface area contributed by atoms with Gasteiger partial charge in [-0.15, -0.1) is 11.3 Å². The van der Waals surface area contributed by atoms with E-state index in [0.29, 0.717) is 6.54 Å². The second-order valence-corrected chi connectivity index (χ2v) is 6.56. The normalized spacial score (nSPS) is 14.3. The Morgan fingerprint density at radius 2 is 2.14 bits per heavy atom. The summed E-state index contributed by atoms with van der Waals surface area (Å²) in [4.78, 5) is 4.99. The van der Waals surface area contributed by atoms with Gasteiger partial charge in [0.1, 0.15) is 0 Å². The van der Waals surface area contributed by atoms with Crippen molar-refractivity contribution in [2.45, 2.75) is 24.1 Å². The fourth-order valence-electron chi connectivity index (χ4n) is 1.11. The average Bonchev–Trinajstić information content (AvgIpc) is 2.45. The van der Waals surface area contributed by atoms with Crippen molar-refractivity contribution in [3.63, 3.8) is 0 Å². The third-order valence-corrected chi connectivity index (χ3v) is 5.00. The molecule has 80 valence electrons. The van der Waals surface area contributed by atoms with Crippen molar-refractivity contribution in [2.75, 3.05) is 12.8 Å². The van der Waals surface area contributed by atoms with Crippen LogP contribution in [0, 0.1) is 6.92 Å². The van der Waals surface area contributed by atoms with E-state index in [2.05, 4.69) is 4.98 Å². The first kappa shape index (κ1) is 11.6. The van der Waals surface area contributed by atoms with Crippen molar-refractivity contribution in [2.24, 2.45) is 5.73 Å². The summed E-state index contributed by atoms with van der Waals surface area (Å²) in [5.74, 6) is 0.169. The summed E-state index contributed by atoms with van der Waals surface area (Å²) >= 11 is 1.22. The highest BCUT2D eigenvalue weighted by molar-refractivity contribution is 7.92. The molecule has 0 spiro atoms. The highest BCUT2D eigenvalue weighted by Crippen LogP contribution is 2.28. The number of rotatable bonds is 3. The fraction of sp³-hybridized carbons (Fsp3) is 0.625. The number of thiazole rings is 1. The molecule has 0 amide bonds. The topological polar surface area (TPSA) is 73.0 Å². The molecule has 2 N–H and O–H groups in total. The van der Waals surface area contributed by atoms with Gasteiger partial charge in [-0.05, 0) is 13.5 Å². The second-order valence-electron chi connectivity index (χ2n) is 3.34. The maximum atomic E-state index is 11.2. The zero-order valence-electron chi connectivity index (χ0n) is 8.44. The van der Waals surface area contributed by atoms with Gasteiger partial charge in [0.05, 0.1) is 5.69 Å². The first-order valence-corrected chi connectivity index (χ1v) is 6.94. The number of aryl methyl sites for hydroxylation is 1. The van der Waals surface area contributed by atoms with E-state index in [1.807, 2.05) is 13.8 Å². The van der Waals surface area contributed by atoms with Crippen molar-refractivity contribution in [1.29, 1.82) is 0 Å². The van der Waals surface area contributed by atoms with Gasteiger partial charge in [0.15, 0.2) is 0 Å². The van der Waals surface area contributed by atoms with Crippen LogP contribution in [-0.4, -0.2) is 26.2 Å². The van der Waals surface area contributed by atoms with E-state index in [4.69, 9.17) is 5.73 Å². The molecule has 0 bridgehead atoms. The van der Waals surface area contributed by atoms with Gasteiger partial charge in [-0.3, -0.25) is 0 Å². The Kier molecular flexibility index (Phi) is 3.28. The van der Waals surface area contributed by atoms with E-state index in [-0.39, 0.29) is 10.3 Å². The van der Waals surface area contributed by atoms with Crippen molar-refractivity contribution in [1.82, 2.24) is 4.98 Å². The van der Waals surface area contributed by atoms with Gasteiger partial charge in [-0.25, -0.2) is 13.4 Å². The van der Waals surface area contributed by atoms with E-state index >= 15 is 0 Å². The van der Waals surface area contributed by atoms with Gasteiger partial charge < -0.3 is 5.73 Å².